The normalized spacial score (nSPS) is 10.8. The van der Waals surface area contributed by atoms with Gasteiger partial charge in [0.2, 0.25) is 5.75 Å². The van der Waals surface area contributed by atoms with Crippen molar-refractivity contribution < 1.29 is 23.6 Å². The van der Waals surface area contributed by atoms with Crippen LogP contribution in [0.5, 0.6) is 5.75 Å². The fourth-order valence-corrected chi connectivity index (χ4v) is 2.10. The summed E-state index contributed by atoms with van der Waals surface area (Å²) in [6.07, 6.45) is -1.48. The van der Waals surface area contributed by atoms with E-state index in [9.17, 15) is 19.7 Å². The van der Waals surface area contributed by atoms with Gasteiger partial charge in [-0.1, -0.05) is 11.3 Å². The molecule has 0 unspecified atom stereocenters. The third-order valence-corrected chi connectivity index (χ3v) is 2.92. The third kappa shape index (κ3) is 2.94. The van der Waals surface area contributed by atoms with Crippen molar-refractivity contribution in [3.8, 4) is 5.75 Å². The third-order valence-electron chi connectivity index (χ3n) is 2.13. The highest BCUT2D eigenvalue weighted by molar-refractivity contribution is 7.16. The van der Waals surface area contributed by atoms with Gasteiger partial charge in [-0.15, -0.1) is 0 Å². The number of nitro benzene ring substituents is 1. The van der Waals surface area contributed by atoms with Gasteiger partial charge < -0.3 is 13.9 Å². The highest BCUT2D eigenvalue weighted by Gasteiger charge is 2.22. The van der Waals surface area contributed by atoms with Crippen molar-refractivity contribution in [2.45, 2.75) is 20.0 Å². The lowest BCUT2D eigenvalue weighted by Gasteiger charge is -2.08. The summed E-state index contributed by atoms with van der Waals surface area (Å²) in [4.78, 5) is 32.1. The molecule has 0 amide bonds. The molecule has 0 atom stereocenters. The number of hydrogen-bond acceptors (Lipinski definition) is 8. The molecule has 2 aromatic rings. The van der Waals surface area contributed by atoms with Gasteiger partial charge in [-0.05, 0) is 13.8 Å². The van der Waals surface area contributed by atoms with E-state index >= 15 is 0 Å². The predicted octanol–water partition coefficient (Wildman–Crippen LogP) is 2.69. The van der Waals surface area contributed by atoms with Gasteiger partial charge >= 0.3 is 16.8 Å². The minimum Gasteiger partial charge on any atom is -0.431 e. The predicted molar refractivity (Wildman–Crippen MR) is 69.3 cm³/mol. The first-order valence-electron chi connectivity index (χ1n) is 5.47. The Morgan fingerprint density at radius 2 is 2.15 bits per heavy atom. The van der Waals surface area contributed by atoms with Gasteiger partial charge in [-0.2, -0.15) is 0 Å². The number of carbonyl (C=O) groups is 1. The van der Waals surface area contributed by atoms with Gasteiger partial charge in [0.1, 0.15) is 0 Å². The van der Waals surface area contributed by atoms with Crippen LogP contribution in [0, 0.1) is 10.1 Å². The molecule has 1 aromatic carbocycles. The Bertz CT molecular complexity index is 730. The topological polar surface area (TPSA) is 109 Å². The van der Waals surface area contributed by atoms with Crippen molar-refractivity contribution in [1.29, 1.82) is 0 Å². The second-order valence-corrected chi connectivity index (χ2v) is 4.97. The second kappa shape index (κ2) is 5.29. The van der Waals surface area contributed by atoms with Gasteiger partial charge in [0.25, 0.3) is 0 Å². The SMILES string of the molecule is CC(C)OC(=O)Oc1cc2sc(=O)oc2cc1[N+](=O)[O-]. The molecule has 20 heavy (non-hydrogen) atoms. The Hall–Kier alpha value is -2.42. The summed E-state index contributed by atoms with van der Waals surface area (Å²) in [5.74, 6) is -0.301. The summed E-state index contributed by atoms with van der Waals surface area (Å²) < 4.78 is 14.6. The van der Waals surface area contributed by atoms with Crippen LogP contribution < -0.4 is 9.68 Å². The molecule has 0 fully saturated rings. The fraction of sp³-hybridized carbons (Fsp3) is 0.273. The molecule has 0 aliphatic rings. The number of carbonyl (C=O) groups excluding carboxylic acids is 1. The van der Waals surface area contributed by atoms with E-state index in [2.05, 4.69) is 0 Å². The van der Waals surface area contributed by atoms with E-state index in [1.807, 2.05) is 0 Å². The molecule has 0 radical (unpaired) electrons. The van der Waals surface area contributed by atoms with Crippen LogP contribution in [-0.4, -0.2) is 17.2 Å². The first-order chi connectivity index (χ1) is 9.36. The fourth-order valence-electron chi connectivity index (χ4n) is 1.42. The maximum Gasteiger partial charge on any atom is 0.514 e. The van der Waals surface area contributed by atoms with Crippen LogP contribution in [0.1, 0.15) is 13.8 Å². The maximum absolute atomic E-state index is 11.4. The number of nitro groups is 1. The van der Waals surface area contributed by atoms with Crippen molar-refractivity contribution in [3.05, 3.63) is 32.0 Å². The first-order valence-corrected chi connectivity index (χ1v) is 6.29. The highest BCUT2D eigenvalue weighted by atomic mass is 32.1. The molecule has 1 aromatic heterocycles. The summed E-state index contributed by atoms with van der Waals surface area (Å²) in [5.41, 5.74) is -0.420. The standard InChI is InChI=1S/C11H9NO7S/c1-5(2)17-10(13)18-7-4-9-8(19-11(14)20-9)3-6(7)12(15)16/h3-5H,1-2H3. The molecular formula is C11H9NO7S. The highest BCUT2D eigenvalue weighted by Crippen LogP contribution is 2.33. The van der Waals surface area contributed by atoms with E-state index in [-0.39, 0.29) is 11.3 Å². The second-order valence-electron chi connectivity index (χ2n) is 4.00. The minimum absolute atomic E-state index is 0.0660. The van der Waals surface area contributed by atoms with E-state index in [4.69, 9.17) is 13.9 Å². The van der Waals surface area contributed by atoms with Crippen molar-refractivity contribution in [2.75, 3.05) is 0 Å². The van der Waals surface area contributed by atoms with Crippen LogP contribution in [0.3, 0.4) is 0 Å². The molecule has 9 heteroatoms. The largest absolute Gasteiger partial charge is 0.514 e. The number of nitrogens with zero attached hydrogens (tertiary/aromatic N) is 1. The average molecular weight is 299 g/mol. The summed E-state index contributed by atoms with van der Waals surface area (Å²) in [7, 11) is 0. The number of ether oxygens (including phenoxy) is 2. The van der Waals surface area contributed by atoms with E-state index in [1.54, 1.807) is 13.8 Å². The molecule has 0 saturated heterocycles. The molecule has 0 spiro atoms. The van der Waals surface area contributed by atoms with Crippen LogP contribution in [0.4, 0.5) is 10.5 Å². The van der Waals surface area contributed by atoms with Crippen LogP contribution in [-0.2, 0) is 4.74 Å². The lowest BCUT2D eigenvalue weighted by molar-refractivity contribution is -0.385. The summed E-state index contributed by atoms with van der Waals surface area (Å²) in [6.45, 7) is 3.22. The van der Waals surface area contributed by atoms with Crippen molar-refractivity contribution in [3.63, 3.8) is 0 Å². The summed E-state index contributed by atoms with van der Waals surface area (Å²) in [6, 6.07) is 2.23. The van der Waals surface area contributed by atoms with Gasteiger partial charge in [0, 0.05) is 6.07 Å². The molecule has 0 aliphatic heterocycles. The Morgan fingerprint density at radius 1 is 1.45 bits per heavy atom. The van der Waals surface area contributed by atoms with Gasteiger partial charge in [0.05, 0.1) is 21.8 Å². The smallest absolute Gasteiger partial charge is 0.431 e. The molecule has 0 aliphatic carbocycles. The zero-order valence-electron chi connectivity index (χ0n) is 10.4. The summed E-state index contributed by atoms with van der Waals surface area (Å²) >= 11 is 0.751. The molecular weight excluding hydrogens is 290 g/mol. The van der Waals surface area contributed by atoms with Crippen molar-refractivity contribution in [2.24, 2.45) is 0 Å². The Morgan fingerprint density at radius 3 is 2.75 bits per heavy atom. The maximum atomic E-state index is 11.4. The quantitative estimate of drug-likeness (QED) is 0.371. The lowest BCUT2D eigenvalue weighted by Crippen LogP contribution is -2.16. The Balaban J connectivity index is 2.44. The lowest BCUT2D eigenvalue weighted by atomic mass is 10.3. The van der Waals surface area contributed by atoms with Crippen LogP contribution >= 0.6 is 11.3 Å². The first kappa shape index (κ1) is 14.0. The van der Waals surface area contributed by atoms with E-state index < -0.39 is 27.8 Å². The number of hydrogen-bond donors (Lipinski definition) is 0. The van der Waals surface area contributed by atoms with E-state index in [1.165, 1.54) is 6.07 Å². The van der Waals surface area contributed by atoms with Gasteiger partial charge in [-0.3, -0.25) is 10.1 Å². The van der Waals surface area contributed by atoms with E-state index in [0.717, 1.165) is 17.4 Å². The molecule has 0 saturated carbocycles. The van der Waals surface area contributed by atoms with E-state index in [0.29, 0.717) is 4.70 Å². The number of rotatable bonds is 3. The molecule has 1 heterocycles. The minimum atomic E-state index is -1.06. The Labute approximate surface area is 115 Å². The van der Waals surface area contributed by atoms with Gasteiger partial charge in [0.15, 0.2) is 5.58 Å². The van der Waals surface area contributed by atoms with Gasteiger partial charge in [-0.25, -0.2) is 9.59 Å². The number of benzene rings is 1. The van der Waals surface area contributed by atoms with Crippen LogP contribution in [0.25, 0.3) is 10.3 Å². The average Bonchev–Trinajstić information content (AvgIpc) is 2.65. The molecule has 8 nitrogen and oxygen atoms in total. The van der Waals surface area contributed by atoms with Crippen molar-refractivity contribution >= 4 is 33.5 Å². The zero-order valence-corrected chi connectivity index (χ0v) is 11.3. The molecule has 106 valence electrons. The number of fused-ring (bicyclic) bond motifs is 1. The van der Waals surface area contributed by atoms with Crippen LogP contribution in [0.2, 0.25) is 0 Å². The van der Waals surface area contributed by atoms with Crippen LogP contribution in [0.15, 0.2) is 21.3 Å². The summed E-state index contributed by atoms with van der Waals surface area (Å²) in [5, 5.41) is 10.9. The molecule has 2 rings (SSSR count). The molecule has 0 bridgehead atoms. The molecule has 0 N–H and O–H groups in total. The monoisotopic (exact) mass is 299 g/mol. The zero-order chi connectivity index (χ0) is 14.9. The Kier molecular flexibility index (Phi) is 3.70. The van der Waals surface area contributed by atoms with Crippen molar-refractivity contribution in [1.82, 2.24) is 0 Å².